The summed E-state index contributed by atoms with van der Waals surface area (Å²) in [5.41, 5.74) is 0.222. The minimum Gasteiger partial charge on any atom is -0.383 e. The molecular weight excluding hydrogens is 389 g/mol. The standard InChI is InChI=1S/C22H26FN3O2S/c1-28-5-4-26-13-19(17-2-3-24-12-18(17)23)29-21(26)25-20(27)22-9-14-6-15(10-22)8-16(7-14)11-22/h2-3,12-16H,4-11H2,1H3/b25-21-. The maximum absolute atomic E-state index is 14.2. The average molecular weight is 416 g/mol. The Labute approximate surface area is 173 Å². The van der Waals surface area contributed by atoms with Gasteiger partial charge < -0.3 is 9.30 Å². The molecule has 2 heterocycles. The first-order valence-corrected chi connectivity index (χ1v) is 11.3. The molecule has 5 nitrogen and oxygen atoms in total. The molecule has 0 N–H and O–H groups in total. The molecule has 4 aliphatic rings. The zero-order valence-electron chi connectivity index (χ0n) is 16.6. The van der Waals surface area contributed by atoms with E-state index >= 15 is 0 Å². The Morgan fingerprint density at radius 2 is 2.00 bits per heavy atom. The lowest BCUT2D eigenvalue weighted by Gasteiger charge is -2.55. The molecule has 29 heavy (non-hydrogen) atoms. The fourth-order valence-electron chi connectivity index (χ4n) is 6.09. The highest BCUT2D eigenvalue weighted by Crippen LogP contribution is 2.60. The molecule has 4 bridgehead atoms. The Kier molecular flexibility index (Phi) is 4.90. The number of hydrogen-bond donors (Lipinski definition) is 0. The van der Waals surface area contributed by atoms with Crippen molar-refractivity contribution in [3.8, 4) is 10.4 Å². The second-order valence-electron chi connectivity index (χ2n) is 9.03. The van der Waals surface area contributed by atoms with E-state index in [0.29, 0.717) is 41.3 Å². The lowest BCUT2D eigenvalue weighted by atomic mass is 9.49. The maximum atomic E-state index is 14.2. The molecule has 0 aromatic carbocycles. The van der Waals surface area contributed by atoms with Crippen molar-refractivity contribution in [2.24, 2.45) is 28.2 Å². The molecule has 1 amide bonds. The summed E-state index contributed by atoms with van der Waals surface area (Å²) < 4.78 is 21.4. The maximum Gasteiger partial charge on any atom is 0.254 e. The summed E-state index contributed by atoms with van der Waals surface area (Å²) in [5, 5.41) is 0. The molecule has 0 unspecified atom stereocenters. The van der Waals surface area contributed by atoms with Crippen molar-refractivity contribution in [1.29, 1.82) is 0 Å². The number of ether oxygens (including phenoxy) is 1. The van der Waals surface area contributed by atoms with E-state index in [0.717, 1.165) is 24.1 Å². The second-order valence-corrected chi connectivity index (χ2v) is 10.0. The van der Waals surface area contributed by atoms with Gasteiger partial charge >= 0.3 is 0 Å². The van der Waals surface area contributed by atoms with Gasteiger partial charge in [-0.2, -0.15) is 4.99 Å². The van der Waals surface area contributed by atoms with E-state index in [1.54, 1.807) is 19.4 Å². The van der Waals surface area contributed by atoms with Crippen LogP contribution in [-0.4, -0.2) is 29.2 Å². The number of halogens is 1. The average Bonchev–Trinajstić information content (AvgIpc) is 3.08. The Morgan fingerprint density at radius 1 is 1.31 bits per heavy atom. The van der Waals surface area contributed by atoms with Crippen LogP contribution in [0.3, 0.4) is 0 Å². The fourth-order valence-corrected chi connectivity index (χ4v) is 7.14. The Morgan fingerprint density at radius 3 is 2.62 bits per heavy atom. The quantitative estimate of drug-likeness (QED) is 0.741. The van der Waals surface area contributed by atoms with Crippen molar-refractivity contribution >= 4 is 17.2 Å². The Balaban J connectivity index is 1.51. The summed E-state index contributed by atoms with van der Waals surface area (Å²) in [4.78, 5) is 23.3. The van der Waals surface area contributed by atoms with E-state index < -0.39 is 0 Å². The number of methoxy groups -OCH3 is 1. The molecule has 2 aromatic heterocycles. The van der Waals surface area contributed by atoms with Crippen LogP contribution >= 0.6 is 11.3 Å². The molecular formula is C22H26FN3O2S. The van der Waals surface area contributed by atoms with Gasteiger partial charge in [-0.1, -0.05) is 11.3 Å². The van der Waals surface area contributed by atoms with Crippen LogP contribution in [0.2, 0.25) is 0 Å². The number of rotatable bonds is 5. The molecule has 4 aliphatic carbocycles. The molecule has 0 atom stereocenters. The molecule has 4 saturated carbocycles. The summed E-state index contributed by atoms with van der Waals surface area (Å²) in [6.45, 7) is 1.08. The van der Waals surface area contributed by atoms with Crippen LogP contribution in [0.1, 0.15) is 38.5 Å². The highest BCUT2D eigenvalue weighted by atomic mass is 32.1. The van der Waals surface area contributed by atoms with Crippen molar-refractivity contribution in [3.63, 3.8) is 0 Å². The van der Waals surface area contributed by atoms with Crippen molar-refractivity contribution < 1.29 is 13.9 Å². The highest BCUT2D eigenvalue weighted by molar-refractivity contribution is 7.12. The number of pyridine rings is 1. The van der Waals surface area contributed by atoms with Gasteiger partial charge in [0.1, 0.15) is 5.82 Å². The van der Waals surface area contributed by atoms with Gasteiger partial charge in [0.25, 0.3) is 5.91 Å². The molecule has 7 heteroatoms. The first kappa shape index (κ1) is 19.1. The number of hydrogen-bond acceptors (Lipinski definition) is 4. The first-order valence-electron chi connectivity index (χ1n) is 10.4. The van der Waals surface area contributed by atoms with E-state index in [4.69, 9.17) is 4.74 Å². The van der Waals surface area contributed by atoms with Gasteiger partial charge in [-0.3, -0.25) is 9.78 Å². The van der Waals surface area contributed by atoms with Crippen LogP contribution in [0, 0.1) is 29.0 Å². The molecule has 0 saturated heterocycles. The molecule has 0 spiro atoms. The first-order chi connectivity index (χ1) is 14.1. The second kappa shape index (κ2) is 7.43. The monoisotopic (exact) mass is 415 g/mol. The number of nitrogens with zero attached hydrogens (tertiary/aromatic N) is 3. The smallest absolute Gasteiger partial charge is 0.254 e. The van der Waals surface area contributed by atoms with Gasteiger partial charge in [-0.15, -0.1) is 0 Å². The summed E-state index contributed by atoms with van der Waals surface area (Å²) >= 11 is 1.36. The zero-order chi connectivity index (χ0) is 20.0. The zero-order valence-corrected chi connectivity index (χ0v) is 17.5. The van der Waals surface area contributed by atoms with Crippen LogP contribution in [0.25, 0.3) is 10.4 Å². The van der Waals surface area contributed by atoms with Crippen LogP contribution < -0.4 is 4.80 Å². The summed E-state index contributed by atoms with van der Waals surface area (Å²) in [6.07, 6.45) is 11.5. The van der Waals surface area contributed by atoms with E-state index in [2.05, 4.69) is 9.98 Å². The lowest BCUT2D eigenvalue weighted by Crippen LogP contribution is -2.49. The SMILES string of the molecule is COCCn1cc(-c2ccncc2F)s/c1=N\C(=O)C12CC3CC(CC(C3)C1)C2. The predicted octanol–water partition coefficient (Wildman–Crippen LogP) is 4.04. The Hall–Kier alpha value is -1.86. The summed E-state index contributed by atoms with van der Waals surface area (Å²) in [5.74, 6) is 1.76. The number of aromatic nitrogens is 2. The van der Waals surface area contributed by atoms with E-state index in [1.807, 2.05) is 10.8 Å². The highest BCUT2D eigenvalue weighted by Gasteiger charge is 2.54. The van der Waals surface area contributed by atoms with Crippen molar-refractivity contribution in [1.82, 2.24) is 9.55 Å². The van der Waals surface area contributed by atoms with Crippen LogP contribution in [-0.2, 0) is 16.1 Å². The van der Waals surface area contributed by atoms with Crippen molar-refractivity contribution in [3.05, 3.63) is 35.3 Å². The van der Waals surface area contributed by atoms with Crippen molar-refractivity contribution in [2.75, 3.05) is 13.7 Å². The lowest BCUT2D eigenvalue weighted by molar-refractivity contribution is -0.142. The third-order valence-electron chi connectivity index (χ3n) is 6.98. The van der Waals surface area contributed by atoms with Crippen LogP contribution in [0.5, 0.6) is 0 Å². The van der Waals surface area contributed by atoms with Gasteiger partial charge in [0.2, 0.25) is 0 Å². The number of carbonyl (C=O) groups is 1. The van der Waals surface area contributed by atoms with E-state index in [-0.39, 0.29) is 17.1 Å². The third kappa shape index (κ3) is 3.48. The molecule has 6 rings (SSSR count). The third-order valence-corrected chi connectivity index (χ3v) is 8.04. The van der Waals surface area contributed by atoms with Gasteiger partial charge in [-0.05, 0) is 62.3 Å². The topological polar surface area (TPSA) is 56.5 Å². The molecule has 0 radical (unpaired) electrons. The van der Waals surface area contributed by atoms with Crippen LogP contribution in [0.4, 0.5) is 4.39 Å². The van der Waals surface area contributed by atoms with Gasteiger partial charge in [-0.25, -0.2) is 4.39 Å². The normalized spacial score (nSPS) is 30.8. The van der Waals surface area contributed by atoms with E-state index in [1.165, 1.54) is 36.8 Å². The predicted molar refractivity (Wildman–Crippen MR) is 109 cm³/mol. The van der Waals surface area contributed by atoms with E-state index in [9.17, 15) is 9.18 Å². The number of amides is 1. The molecule has 154 valence electrons. The van der Waals surface area contributed by atoms with Crippen molar-refractivity contribution in [2.45, 2.75) is 45.1 Å². The minimum atomic E-state index is -0.369. The largest absolute Gasteiger partial charge is 0.383 e. The number of thiazole rings is 1. The van der Waals surface area contributed by atoms with Gasteiger partial charge in [0.15, 0.2) is 4.80 Å². The molecule has 0 aliphatic heterocycles. The number of carbonyl (C=O) groups excluding carboxylic acids is 1. The Bertz CT molecular complexity index is 961. The molecule has 4 fully saturated rings. The van der Waals surface area contributed by atoms with Gasteiger partial charge in [0, 0.05) is 31.6 Å². The fraction of sp³-hybridized carbons (Fsp3) is 0.591. The minimum absolute atomic E-state index is 0.0337. The molecule has 2 aromatic rings. The summed E-state index contributed by atoms with van der Waals surface area (Å²) in [6, 6.07) is 1.66. The van der Waals surface area contributed by atoms with Gasteiger partial charge in [0.05, 0.1) is 23.1 Å². The van der Waals surface area contributed by atoms with Crippen LogP contribution in [0.15, 0.2) is 29.6 Å². The summed E-state index contributed by atoms with van der Waals surface area (Å²) in [7, 11) is 1.65.